The van der Waals surface area contributed by atoms with Crippen LogP contribution in [0.4, 0.5) is 5.00 Å². The highest BCUT2D eigenvalue weighted by atomic mass is 32.1. The summed E-state index contributed by atoms with van der Waals surface area (Å²) in [6.45, 7) is 0. The molecule has 0 saturated heterocycles. The van der Waals surface area contributed by atoms with Crippen molar-refractivity contribution in [1.29, 1.82) is 0 Å². The van der Waals surface area contributed by atoms with Crippen LogP contribution in [0.15, 0.2) is 23.8 Å². The molecule has 0 bridgehead atoms. The number of rotatable bonds is 1. The van der Waals surface area contributed by atoms with Crippen molar-refractivity contribution in [3.05, 3.63) is 35.2 Å². The number of nitrogens with one attached hydrogen (secondary N) is 2. The normalized spacial score (nSPS) is 16.8. The summed E-state index contributed by atoms with van der Waals surface area (Å²) in [4.78, 5) is 18.6. The molecule has 1 aliphatic rings. The van der Waals surface area contributed by atoms with Gasteiger partial charge < -0.3 is 10.3 Å². The minimum Gasteiger partial charge on any atom is -0.345 e. The fraction of sp³-hybridized carbons (Fsp3) is 0. The van der Waals surface area contributed by atoms with Crippen molar-refractivity contribution in [2.75, 3.05) is 5.32 Å². The van der Waals surface area contributed by atoms with Crippen LogP contribution in [0.5, 0.6) is 0 Å². The molecule has 3 rings (SSSR count). The van der Waals surface area contributed by atoms with Crippen LogP contribution in [0, 0.1) is 0 Å². The van der Waals surface area contributed by atoms with Crippen LogP contribution >= 0.6 is 11.3 Å². The van der Waals surface area contributed by atoms with Crippen molar-refractivity contribution in [2.45, 2.75) is 0 Å². The summed E-state index contributed by atoms with van der Waals surface area (Å²) < 4.78 is 0. The molecule has 5 heteroatoms. The minimum atomic E-state index is -0.0618. The molecule has 0 spiro atoms. The average molecular weight is 217 g/mol. The second kappa shape index (κ2) is 3.06. The highest BCUT2D eigenvalue weighted by Crippen LogP contribution is 2.36. The van der Waals surface area contributed by atoms with E-state index in [0.29, 0.717) is 11.4 Å². The fourth-order valence-electron chi connectivity index (χ4n) is 1.55. The van der Waals surface area contributed by atoms with Gasteiger partial charge in [-0.1, -0.05) is 0 Å². The predicted octanol–water partition coefficient (Wildman–Crippen LogP) is 1.96. The van der Waals surface area contributed by atoms with Crippen LogP contribution in [-0.4, -0.2) is 15.9 Å². The molecule has 0 saturated carbocycles. The van der Waals surface area contributed by atoms with Gasteiger partial charge in [-0.15, -0.1) is 11.3 Å². The van der Waals surface area contributed by atoms with Crippen LogP contribution < -0.4 is 5.32 Å². The van der Waals surface area contributed by atoms with Crippen molar-refractivity contribution >= 4 is 33.9 Å². The fourth-order valence-corrected chi connectivity index (χ4v) is 2.34. The van der Waals surface area contributed by atoms with E-state index in [2.05, 4.69) is 15.3 Å². The van der Waals surface area contributed by atoms with Gasteiger partial charge in [-0.25, -0.2) is 4.98 Å². The van der Waals surface area contributed by atoms with Crippen LogP contribution in [0.2, 0.25) is 0 Å². The monoisotopic (exact) mass is 217 g/mol. The summed E-state index contributed by atoms with van der Waals surface area (Å²) in [7, 11) is 0. The van der Waals surface area contributed by atoms with Gasteiger partial charge in [-0.2, -0.15) is 0 Å². The molecule has 74 valence electrons. The van der Waals surface area contributed by atoms with E-state index in [-0.39, 0.29) is 5.91 Å². The van der Waals surface area contributed by atoms with Crippen molar-refractivity contribution in [3.63, 3.8) is 0 Å². The first kappa shape index (κ1) is 8.43. The number of aromatic amines is 1. The van der Waals surface area contributed by atoms with E-state index in [1.54, 1.807) is 18.5 Å². The second-order valence-corrected chi connectivity index (χ2v) is 4.07. The smallest absolute Gasteiger partial charge is 0.257 e. The van der Waals surface area contributed by atoms with Crippen LogP contribution in [0.25, 0.3) is 11.6 Å². The number of carbonyl (C=O) groups excluding carboxylic acids is 1. The van der Waals surface area contributed by atoms with Crippen molar-refractivity contribution < 1.29 is 4.79 Å². The highest BCUT2D eigenvalue weighted by molar-refractivity contribution is 7.15. The van der Waals surface area contributed by atoms with E-state index in [9.17, 15) is 4.79 Å². The summed E-state index contributed by atoms with van der Waals surface area (Å²) >= 11 is 1.53. The third-order valence-electron chi connectivity index (χ3n) is 2.23. The third-order valence-corrected chi connectivity index (χ3v) is 3.06. The Balaban J connectivity index is 2.10. The third kappa shape index (κ3) is 1.28. The maximum atomic E-state index is 11.6. The molecule has 0 atom stereocenters. The number of amides is 1. The second-order valence-electron chi connectivity index (χ2n) is 3.15. The number of anilines is 1. The van der Waals surface area contributed by atoms with Crippen LogP contribution in [0.3, 0.4) is 0 Å². The highest BCUT2D eigenvalue weighted by Gasteiger charge is 2.25. The quantitative estimate of drug-likeness (QED) is 0.717. The molecule has 0 aromatic carbocycles. The lowest BCUT2D eigenvalue weighted by atomic mass is 10.1. The van der Waals surface area contributed by atoms with Gasteiger partial charge in [0.15, 0.2) is 0 Å². The molecule has 15 heavy (non-hydrogen) atoms. The van der Waals surface area contributed by atoms with Gasteiger partial charge in [0.1, 0.15) is 10.8 Å². The Morgan fingerprint density at radius 1 is 1.47 bits per heavy atom. The summed E-state index contributed by atoms with van der Waals surface area (Å²) in [5.41, 5.74) is 1.63. The summed E-state index contributed by atoms with van der Waals surface area (Å²) in [6, 6.07) is 1.94. The molecule has 2 aromatic heterocycles. The number of hydrogen-bond donors (Lipinski definition) is 2. The first-order chi connectivity index (χ1) is 7.34. The Morgan fingerprint density at radius 3 is 3.20 bits per heavy atom. The maximum Gasteiger partial charge on any atom is 0.257 e. The van der Waals surface area contributed by atoms with Crippen molar-refractivity contribution in [3.8, 4) is 0 Å². The van der Waals surface area contributed by atoms with E-state index in [1.807, 2.05) is 11.4 Å². The lowest BCUT2D eigenvalue weighted by Crippen LogP contribution is -2.03. The first-order valence-electron chi connectivity index (χ1n) is 4.45. The minimum absolute atomic E-state index is 0.0618. The standard InChI is InChI=1S/C10H7N3OS/c14-9-7(5-8-11-2-3-12-8)6-1-4-15-10(6)13-9/h1-5H,(H,11,12)(H,13,14)/b7-5-. The van der Waals surface area contributed by atoms with E-state index < -0.39 is 0 Å². The van der Waals surface area contributed by atoms with E-state index in [0.717, 1.165) is 10.6 Å². The Labute approximate surface area is 89.7 Å². The number of H-pyrrole nitrogens is 1. The molecule has 4 nitrogen and oxygen atoms in total. The van der Waals surface area contributed by atoms with Gasteiger partial charge in [0.2, 0.25) is 0 Å². The summed E-state index contributed by atoms with van der Waals surface area (Å²) in [6.07, 6.45) is 5.15. The van der Waals surface area contributed by atoms with Crippen LogP contribution in [0.1, 0.15) is 11.4 Å². The van der Waals surface area contributed by atoms with Gasteiger partial charge in [-0.3, -0.25) is 4.79 Å². The number of hydrogen-bond acceptors (Lipinski definition) is 3. The van der Waals surface area contributed by atoms with Crippen LogP contribution in [-0.2, 0) is 4.79 Å². The number of nitrogens with zero attached hydrogens (tertiary/aromatic N) is 1. The molecule has 2 aromatic rings. The summed E-state index contributed by atoms with van der Waals surface area (Å²) in [5, 5.41) is 5.68. The number of thiophene rings is 1. The molecule has 1 amide bonds. The maximum absolute atomic E-state index is 11.6. The molecule has 0 radical (unpaired) electrons. The van der Waals surface area contributed by atoms with Crippen molar-refractivity contribution in [1.82, 2.24) is 9.97 Å². The van der Waals surface area contributed by atoms with E-state index >= 15 is 0 Å². The largest absolute Gasteiger partial charge is 0.345 e. The molecule has 0 fully saturated rings. The van der Waals surface area contributed by atoms with E-state index in [4.69, 9.17) is 0 Å². The number of aromatic nitrogens is 2. The molecule has 3 heterocycles. The Kier molecular flexibility index (Phi) is 1.72. The van der Waals surface area contributed by atoms with Gasteiger partial charge in [-0.05, 0) is 17.5 Å². The summed E-state index contributed by atoms with van der Waals surface area (Å²) in [5.74, 6) is 0.632. The Hall–Kier alpha value is -1.88. The number of fused-ring (bicyclic) bond motifs is 1. The van der Waals surface area contributed by atoms with Gasteiger partial charge in [0, 0.05) is 18.0 Å². The lowest BCUT2D eigenvalue weighted by molar-refractivity contribution is -0.110. The topological polar surface area (TPSA) is 57.8 Å². The molecule has 1 aliphatic heterocycles. The lowest BCUT2D eigenvalue weighted by Gasteiger charge is -1.92. The molecule has 0 unspecified atom stereocenters. The van der Waals surface area contributed by atoms with Gasteiger partial charge in [0.05, 0.1) is 5.57 Å². The molecule has 0 aliphatic carbocycles. The predicted molar refractivity (Wildman–Crippen MR) is 59.4 cm³/mol. The zero-order valence-corrected chi connectivity index (χ0v) is 8.47. The first-order valence-corrected chi connectivity index (χ1v) is 5.33. The average Bonchev–Trinajstić information content (AvgIpc) is 2.86. The SMILES string of the molecule is O=C1Nc2sccc2/C1=C/c1ncc[nH]1. The number of carbonyl (C=O) groups is 1. The number of imidazole rings is 1. The van der Waals surface area contributed by atoms with Crippen molar-refractivity contribution in [2.24, 2.45) is 0 Å². The van der Waals surface area contributed by atoms with Gasteiger partial charge >= 0.3 is 0 Å². The zero-order chi connectivity index (χ0) is 10.3. The van der Waals surface area contributed by atoms with Gasteiger partial charge in [0.25, 0.3) is 5.91 Å². The zero-order valence-electron chi connectivity index (χ0n) is 7.65. The Morgan fingerprint density at radius 2 is 2.40 bits per heavy atom. The molecular formula is C10H7N3OS. The molecular weight excluding hydrogens is 210 g/mol. The van der Waals surface area contributed by atoms with E-state index in [1.165, 1.54) is 11.3 Å². The Bertz CT molecular complexity index is 539. The molecule has 2 N–H and O–H groups in total.